The molecule has 0 bridgehead atoms. The van der Waals surface area contributed by atoms with Crippen molar-refractivity contribution in [3.05, 3.63) is 11.9 Å². The summed E-state index contributed by atoms with van der Waals surface area (Å²) in [6.07, 6.45) is 1.93. The van der Waals surface area contributed by atoms with Crippen molar-refractivity contribution in [2.45, 2.75) is 12.5 Å². The van der Waals surface area contributed by atoms with Crippen LogP contribution in [-0.4, -0.2) is 27.0 Å². The Bertz CT molecular complexity index is 301. The number of halogens is 1. The van der Waals surface area contributed by atoms with Crippen LogP contribution in [0.15, 0.2) is 6.20 Å². The Balaban J connectivity index is 2.54. The van der Waals surface area contributed by atoms with E-state index in [1.165, 1.54) is 4.68 Å². The number of hydrogen-bond donors (Lipinski definition) is 1. The zero-order chi connectivity index (χ0) is 9.84. The highest BCUT2D eigenvalue weighted by molar-refractivity contribution is 6.13. The number of hydrogen-bond acceptors (Lipinski definition) is 5. The van der Waals surface area contributed by atoms with Crippen molar-refractivity contribution in [3.63, 3.8) is 0 Å². The third-order valence-corrected chi connectivity index (χ3v) is 1.61. The van der Waals surface area contributed by atoms with Crippen LogP contribution in [0.4, 0.5) is 0 Å². The normalized spacial score (nSPS) is 12.5. The maximum Gasteiger partial charge on any atom is 0.341 e. The van der Waals surface area contributed by atoms with Crippen LogP contribution in [0, 0.1) is 0 Å². The highest BCUT2D eigenvalue weighted by atomic mass is 35.5. The van der Waals surface area contributed by atoms with Gasteiger partial charge in [-0.1, -0.05) is 5.21 Å². The predicted octanol–water partition coefficient (Wildman–Crippen LogP) is -0.618. The molecule has 1 rings (SSSR count). The molecule has 0 fully saturated rings. The Morgan fingerprint density at radius 1 is 1.92 bits per heavy atom. The topological polar surface area (TPSA) is 83.0 Å². The van der Waals surface area contributed by atoms with Gasteiger partial charge in [-0.3, -0.25) is 4.68 Å². The second-order valence-corrected chi connectivity index (χ2v) is 2.74. The van der Waals surface area contributed by atoms with E-state index in [9.17, 15) is 4.79 Å². The highest BCUT2D eigenvalue weighted by Gasteiger charge is 2.16. The van der Waals surface area contributed by atoms with Crippen molar-refractivity contribution in [2.75, 3.05) is 0 Å². The van der Waals surface area contributed by atoms with Crippen LogP contribution in [0.25, 0.3) is 0 Å². The Labute approximate surface area is 79.8 Å². The van der Waals surface area contributed by atoms with E-state index in [4.69, 9.17) is 17.6 Å². The van der Waals surface area contributed by atoms with Gasteiger partial charge in [0.2, 0.25) is 0 Å². The fourth-order valence-electron chi connectivity index (χ4n) is 0.855. The van der Waals surface area contributed by atoms with E-state index in [1.807, 2.05) is 0 Å². The van der Waals surface area contributed by atoms with Gasteiger partial charge in [0.05, 0.1) is 5.69 Å². The lowest BCUT2D eigenvalue weighted by atomic mass is 10.2. The molecule has 0 aliphatic heterocycles. The Morgan fingerprint density at radius 3 is 3.08 bits per heavy atom. The SMILES string of the molecule is Cn1cc(CC(N)C(=O)OCl)nn1. The Kier molecular flexibility index (Phi) is 3.21. The molecule has 7 heteroatoms. The minimum atomic E-state index is -0.797. The predicted molar refractivity (Wildman–Crippen MR) is 44.6 cm³/mol. The number of rotatable bonds is 3. The van der Waals surface area contributed by atoms with Gasteiger partial charge >= 0.3 is 5.97 Å². The number of nitrogens with two attached hydrogens (primary N) is 1. The molecule has 0 aliphatic carbocycles. The molecule has 6 nitrogen and oxygen atoms in total. The molecule has 72 valence electrons. The lowest BCUT2D eigenvalue weighted by Gasteiger charge is -2.03. The molecule has 2 N–H and O–H groups in total. The van der Waals surface area contributed by atoms with Crippen molar-refractivity contribution < 1.29 is 9.08 Å². The van der Waals surface area contributed by atoms with Crippen molar-refractivity contribution in [1.29, 1.82) is 0 Å². The smallest absolute Gasteiger partial charge is 0.341 e. The molecule has 0 saturated heterocycles. The van der Waals surface area contributed by atoms with Crippen molar-refractivity contribution in [1.82, 2.24) is 15.0 Å². The molecule has 0 aromatic carbocycles. The molecule has 1 aromatic rings. The maximum atomic E-state index is 10.8. The van der Waals surface area contributed by atoms with E-state index in [0.29, 0.717) is 5.69 Å². The van der Waals surface area contributed by atoms with E-state index < -0.39 is 12.0 Å². The zero-order valence-electron chi connectivity index (χ0n) is 6.98. The van der Waals surface area contributed by atoms with E-state index in [-0.39, 0.29) is 6.42 Å². The lowest BCUT2D eigenvalue weighted by molar-refractivity contribution is -0.135. The van der Waals surface area contributed by atoms with Crippen LogP contribution >= 0.6 is 11.9 Å². The van der Waals surface area contributed by atoms with Gasteiger partial charge in [0, 0.05) is 19.7 Å². The molecule has 1 heterocycles. The van der Waals surface area contributed by atoms with E-state index in [0.717, 1.165) is 0 Å². The minimum Gasteiger partial charge on any atom is -0.346 e. The number of carbonyl (C=O) groups is 1. The van der Waals surface area contributed by atoms with Crippen LogP contribution < -0.4 is 5.73 Å². The lowest BCUT2D eigenvalue weighted by Crippen LogP contribution is -2.32. The highest BCUT2D eigenvalue weighted by Crippen LogP contribution is 1.99. The second-order valence-electron chi connectivity index (χ2n) is 2.59. The van der Waals surface area contributed by atoms with Crippen LogP contribution in [0.5, 0.6) is 0 Å². The summed E-state index contributed by atoms with van der Waals surface area (Å²) in [7, 11) is 1.72. The van der Waals surface area contributed by atoms with E-state index in [1.54, 1.807) is 13.2 Å². The molecule has 0 saturated carbocycles. The van der Waals surface area contributed by atoms with Crippen molar-refractivity contribution in [2.24, 2.45) is 12.8 Å². The van der Waals surface area contributed by atoms with Gasteiger partial charge < -0.3 is 10.0 Å². The Hall–Kier alpha value is -1.14. The largest absolute Gasteiger partial charge is 0.346 e. The third-order valence-electron chi connectivity index (χ3n) is 1.46. The molecule has 1 atom stereocenters. The fraction of sp³-hybridized carbons (Fsp3) is 0.500. The molecule has 0 aliphatic rings. The molecule has 0 amide bonds. The van der Waals surface area contributed by atoms with Gasteiger partial charge in [-0.25, -0.2) is 4.79 Å². The minimum absolute atomic E-state index is 0.263. The summed E-state index contributed by atoms with van der Waals surface area (Å²) < 4.78 is 5.47. The standard InChI is InChI=1S/C6H9ClN4O2/c1-11-3-4(9-10-11)2-5(8)6(12)13-7/h3,5H,2,8H2,1H3. The first-order valence-corrected chi connectivity index (χ1v) is 3.87. The molecule has 0 radical (unpaired) electrons. The molecule has 0 spiro atoms. The average molecular weight is 205 g/mol. The number of nitrogens with zero attached hydrogens (tertiary/aromatic N) is 3. The van der Waals surface area contributed by atoms with E-state index >= 15 is 0 Å². The Morgan fingerprint density at radius 2 is 2.62 bits per heavy atom. The van der Waals surface area contributed by atoms with Crippen molar-refractivity contribution >= 4 is 17.8 Å². The summed E-state index contributed by atoms with van der Waals surface area (Å²) in [6, 6.07) is -0.797. The van der Waals surface area contributed by atoms with E-state index in [2.05, 4.69) is 14.6 Å². The van der Waals surface area contributed by atoms with Crippen molar-refractivity contribution in [3.8, 4) is 0 Å². The van der Waals surface area contributed by atoms with Gasteiger partial charge in [-0.15, -0.1) is 5.10 Å². The maximum absolute atomic E-state index is 10.8. The monoisotopic (exact) mass is 204 g/mol. The van der Waals surface area contributed by atoms with Crippen LogP contribution in [0.2, 0.25) is 0 Å². The second kappa shape index (κ2) is 4.20. The average Bonchev–Trinajstić information content (AvgIpc) is 2.49. The molecule has 1 aromatic heterocycles. The van der Waals surface area contributed by atoms with Crippen LogP contribution in [0.3, 0.4) is 0 Å². The molecular weight excluding hydrogens is 196 g/mol. The van der Waals surface area contributed by atoms with Gasteiger partial charge in [0.25, 0.3) is 0 Å². The third kappa shape index (κ3) is 2.67. The zero-order valence-corrected chi connectivity index (χ0v) is 7.73. The summed E-state index contributed by atoms with van der Waals surface area (Å²) in [5.74, 6) is -0.674. The summed E-state index contributed by atoms with van der Waals surface area (Å²) in [6.45, 7) is 0. The summed E-state index contributed by atoms with van der Waals surface area (Å²) in [5, 5.41) is 7.44. The van der Waals surface area contributed by atoms with Gasteiger partial charge in [0.15, 0.2) is 0 Å². The summed E-state index contributed by atoms with van der Waals surface area (Å²) in [5.41, 5.74) is 6.06. The summed E-state index contributed by atoms with van der Waals surface area (Å²) >= 11 is 4.85. The number of aromatic nitrogens is 3. The fourth-order valence-corrected chi connectivity index (χ4v) is 0.969. The molecule has 1 unspecified atom stereocenters. The number of carbonyl (C=O) groups excluding carboxylic acids is 1. The van der Waals surface area contributed by atoms with Gasteiger partial charge in [0.1, 0.15) is 17.9 Å². The van der Waals surface area contributed by atoms with Crippen LogP contribution in [0.1, 0.15) is 5.69 Å². The first kappa shape index (κ1) is 9.94. The van der Waals surface area contributed by atoms with Gasteiger partial charge in [-0.2, -0.15) is 0 Å². The summed E-state index contributed by atoms with van der Waals surface area (Å²) in [4.78, 5) is 10.8. The first-order valence-electron chi connectivity index (χ1n) is 3.56. The first-order chi connectivity index (χ1) is 6.13. The van der Waals surface area contributed by atoms with Gasteiger partial charge in [-0.05, 0) is 0 Å². The molecule has 13 heavy (non-hydrogen) atoms. The molecular formula is C6H9ClN4O2. The quantitative estimate of drug-likeness (QED) is 0.710. The number of aryl methyl sites for hydroxylation is 1. The van der Waals surface area contributed by atoms with Crippen LogP contribution in [-0.2, 0) is 22.6 Å².